The number of methoxy groups -OCH3 is 1. The average Bonchev–Trinajstić information content (AvgIpc) is 2.91. The summed E-state index contributed by atoms with van der Waals surface area (Å²) in [6, 6.07) is 15.3. The molecule has 0 fully saturated rings. The highest BCUT2D eigenvalue weighted by atomic mass is 16.5. The molecule has 26 heavy (non-hydrogen) atoms. The van der Waals surface area contributed by atoms with E-state index in [9.17, 15) is 14.4 Å². The number of hydrogen-bond donors (Lipinski definition) is 0. The summed E-state index contributed by atoms with van der Waals surface area (Å²) < 4.78 is 5.40. The van der Waals surface area contributed by atoms with Crippen molar-refractivity contribution in [3.63, 3.8) is 0 Å². The number of hydrogen-bond acceptors (Lipinski definition) is 4. The molecule has 0 spiro atoms. The molecule has 2 amide bonds. The Morgan fingerprint density at radius 2 is 1.54 bits per heavy atom. The summed E-state index contributed by atoms with van der Waals surface area (Å²) >= 11 is 0. The largest absolute Gasteiger partial charge is 0.496 e. The van der Waals surface area contributed by atoms with Gasteiger partial charge in [0.25, 0.3) is 11.8 Å². The summed E-state index contributed by atoms with van der Waals surface area (Å²) in [5.74, 6) is -0.365. The number of Topliss-reactive ketones (excluding diaryl/α,β-unsaturated/α-hetero) is 1. The monoisotopic (exact) mass is 345 g/mol. The Bertz CT molecular complexity index is 1070. The summed E-state index contributed by atoms with van der Waals surface area (Å²) in [5.41, 5.74) is 1.55. The van der Waals surface area contributed by atoms with Crippen molar-refractivity contribution in [3.05, 3.63) is 71.3 Å². The number of nitrogens with zero attached hydrogens (tertiary/aromatic N) is 1. The number of anilines is 1. The molecule has 0 saturated carbocycles. The van der Waals surface area contributed by atoms with Crippen molar-refractivity contribution in [3.8, 4) is 5.75 Å². The molecule has 0 N–H and O–H groups in total. The van der Waals surface area contributed by atoms with Gasteiger partial charge in [-0.15, -0.1) is 0 Å². The van der Waals surface area contributed by atoms with Crippen LogP contribution in [0, 0.1) is 0 Å². The molecule has 0 aromatic heterocycles. The minimum Gasteiger partial charge on any atom is -0.496 e. The number of rotatable bonds is 3. The minimum atomic E-state index is -0.393. The molecule has 3 aromatic rings. The van der Waals surface area contributed by atoms with Gasteiger partial charge in [0.1, 0.15) is 5.75 Å². The summed E-state index contributed by atoms with van der Waals surface area (Å²) in [5, 5.41) is 1.21. The van der Waals surface area contributed by atoms with Crippen molar-refractivity contribution in [2.24, 2.45) is 0 Å². The number of ketones is 1. The summed E-state index contributed by atoms with van der Waals surface area (Å²) in [6.45, 7) is 1.46. The fourth-order valence-corrected chi connectivity index (χ4v) is 3.43. The second kappa shape index (κ2) is 5.81. The zero-order valence-corrected chi connectivity index (χ0v) is 14.3. The summed E-state index contributed by atoms with van der Waals surface area (Å²) in [4.78, 5) is 39.1. The molecule has 5 nitrogen and oxygen atoms in total. The highest BCUT2D eigenvalue weighted by Crippen LogP contribution is 2.38. The van der Waals surface area contributed by atoms with Crippen LogP contribution in [0.2, 0.25) is 0 Å². The van der Waals surface area contributed by atoms with Crippen molar-refractivity contribution in [1.29, 1.82) is 0 Å². The highest BCUT2D eigenvalue weighted by Gasteiger charge is 2.37. The molecule has 0 bridgehead atoms. The lowest BCUT2D eigenvalue weighted by Crippen LogP contribution is -2.29. The van der Waals surface area contributed by atoms with Gasteiger partial charge in [-0.05, 0) is 37.3 Å². The lowest BCUT2D eigenvalue weighted by atomic mass is 9.98. The lowest BCUT2D eigenvalue weighted by molar-refractivity contribution is 0.0924. The first-order valence-electron chi connectivity index (χ1n) is 8.13. The number of ether oxygens (including phenoxy) is 1. The standard InChI is InChI=1S/C21H15NO4/c1-12(23)13-10-11-18(26-2)16-8-5-9-17(19(13)16)22-20(24)14-6-3-4-7-15(14)21(22)25/h3-11H,1-2H3. The number of benzene rings is 3. The van der Waals surface area contributed by atoms with E-state index < -0.39 is 11.8 Å². The van der Waals surface area contributed by atoms with Crippen LogP contribution in [0.5, 0.6) is 5.75 Å². The van der Waals surface area contributed by atoms with Crippen molar-refractivity contribution in [1.82, 2.24) is 0 Å². The van der Waals surface area contributed by atoms with E-state index in [2.05, 4.69) is 0 Å². The van der Waals surface area contributed by atoms with Crippen LogP contribution in [0.25, 0.3) is 10.8 Å². The maximum Gasteiger partial charge on any atom is 0.266 e. The number of carbonyl (C=O) groups excluding carboxylic acids is 3. The van der Waals surface area contributed by atoms with Gasteiger partial charge in [-0.25, -0.2) is 4.90 Å². The third-order valence-electron chi connectivity index (χ3n) is 4.61. The summed E-state index contributed by atoms with van der Waals surface area (Å²) in [6.07, 6.45) is 0. The van der Waals surface area contributed by atoms with Crippen LogP contribution in [0.3, 0.4) is 0 Å². The van der Waals surface area contributed by atoms with Gasteiger partial charge in [0.05, 0.1) is 23.9 Å². The van der Waals surface area contributed by atoms with E-state index in [-0.39, 0.29) is 5.78 Å². The molecule has 0 atom stereocenters. The Hall–Kier alpha value is -3.47. The van der Waals surface area contributed by atoms with Crippen LogP contribution in [-0.4, -0.2) is 24.7 Å². The predicted molar refractivity (Wildman–Crippen MR) is 98.1 cm³/mol. The Balaban J connectivity index is 2.03. The molecule has 0 aliphatic carbocycles. The fourth-order valence-electron chi connectivity index (χ4n) is 3.43. The van der Waals surface area contributed by atoms with Gasteiger partial charge in [0, 0.05) is 16.3 Å². The van der Waals surface area contributed by atoms with Gasteiger partial charge >= 0.3 is 0 Å². The maximum absolute atomic E-state index is 12.9. The Kier molecular flexibility index (Phi) is 3.58. The maximum atomic E-state index is 12.9. The van der Waals surface area contributed by atoms with E-state index in [1.54, 1.807) is 48.5 Å². The van der Waals surface area contributed by atoms with Crippen molar-refractivity contribution >= 4 is 34.1 Å². The number of imide groups is 1. The zero-order valence-electron chi connectivity index (χ0n) is 14.3. The zero-order chi connectivity index (χ0) is 18.4. The second-order valence-electron chi connectivity index (χ2n) is 6.06. The number of carbonyl (C=O) groups is 3. The van der Waals surface area contributed by atoms with Crippen LogP contribution in [0.1, 0.15) is 38.0 Å². The topological polar surface area (TPSA) is 63.7 Å². The lowest BCUT2D eigenvalue weighted by Gasteiger charge is -2.19. The van der Waals surface area contributed by atoms with Crippen molar-refractivity contribution in [2.75, 3.05) is 12.0 Å². The van der Waals surface area contributed by atoms with E-state index in [4.69, 9.17) is 4.74 Å². The van der Waals surface area contributed by atoms with Gasteiger partial charge in [0.2, 0.25) is 0 Å². The SMILES string of the molecule is COc1ccc(C(C)=O)c2c(N3C(=O)c4ccccc4C3=O)cccc12. The molecule has 1 aliphatic rings. The van der Waals surface area contributed by atoms with Crippen molar-refractivity contribution < 1.29 is 19.1 Å². The number of amides is 2. The first kappa shape index (κ1) is 16.0. The van der Waals surface area contributed by atoms with Gasteiger partial charge in [0.15, 0.2) is 5.78 Å². The van der Waals surface area contributed by atoms with Gasteiger partial charge < -0.3 is 4.74 Å². The molecule has 4 rings (SSSR count). The quantitative estimate of drug-likeness (QED) is 0.534. The summed E-state index contributed by atoms with van der Waals surface area (Å²) in [7, 11) is 1.54. The van der Waals surface area contributed by atoms with Crippen LogP contribution in [-0.2, 0) is 0 Å². The fraction of sp³-hybridized carbons (Fsp3) is 0.0952. The van der Waals surface area contributed by atoms with Crippen LogP contribution < -0.4 is 9.64 Å². The molecule has 1 aliphatic heterocycles. The van der Waals surface area contributed by atoms with Crippen molar-refractivity contribution in [2.45, 2.75) is 6.92 Å². The Labute approximate surface area is 149 Å². The average molecular weight is 345 g/mol. The molecule has 5 heteroatoms. The Morgan fingerprint density at radius 3 is 2.12 bits per heavy atom. The smallest absolute Gasteiger partial charge is 0.266 e. The van der Waals surface area contributed by atoms with E-state index in [0.29, 0.717) is 38.9 Å². The molecule has 128 valence electrons. The predicted octanol–water partition coefficient (Wildman–Crippen LogP) is 3.85. The van der Waals surface area contributed by atoms with E-state index in [0.717, 1.165) is 4.90 Å². The van der Waals surface area contributed by atoms with Gasteiger partial charge in [-0.2, -0.15) is 0 Å². The minimum absolute atomic E-state index is 0.151. The molecular formula is C21H15NO4. The van der Waals surface area contributed by atoms with E-state index in [1.807, 2.05) is 6.07 Å². The van der Waals surface area contributed by atoms with Crippen LogP contribution in [0.4, 0.5) is 5.69 Å². The third-order valence-corrected chi connectivity index (χ3v) is 4.61. The molecule has 3 aromatic carbocycles. The highest BCUT2D eigenvalue weighted by molar-refractivity contribution is 6.36. The second-order valence-corrected chi connectivity index (χ2v) is 6.06. The molecule has 1 heterocycles. The van der Waals surface area contributed by atoms with E-state index >= 15 is 0 Å². The molecule has 0 unspecified atom stereocenters. The number of fused-ring (bicyclic) bond motifs is 2. The molecular weight excluding hydrogens is 330 g/mol. The Morgan fingerprint density at radius 1 is 0.885 bits per heavy atom. The van der Waals surface area contributed by atoms with Gasteiger partial charge in [-0.1, -0.05) is 24.3 Å². The molecule has 0 radical (unpaired) electrons. The first-order valence-corrected chi connectivity index (χ1v) is 8.13. The normalized spacial score (nSPS) is 13.2. The van der Waals surface area contributed by atoms with Gasteiger partial charge in [-0.3, -0.25) is 14.4 Å². The van der Waals surface area contributed by atoms with E-state index in [1.165, 1.54) is 14.0 Å². The van der Waals surface area contributed by atoms with Crippen LogP contribution in [0.15, 0.2) is 54.6 Å². The molecule has 0 saturated heterocycles. The third kappa shape index (κ3) is 2.14. The first-order chi connectivity index (χ1) is 12.5. The van der Waals surface area contributed by atoms with Crippen LogP contribution >= 0.6 is 0 Å².